The summed E-state index contributed by atoms with van der Waals surface area (Å²) in [4.78, 5) is 14.2. The Labute approximate surface area is 197 Å². The van der Waals surface area contributed by atoms with Gasteiger partial charge in [0.05, 0.1) is 6.10 Å². The third kappa shape index (κ3) is 2.71. The first-order chi connectivity index (χ1) is 14.6. The second-order valence-corrected chi connectivity index (χ2v) is 15.5. The molecule has 182 valence electrons. The third-order valence-electron chi connectivity index (χ3n) is 13.6. The molecule has 5 saturated carbocycles. The van der Waals surface area contributed by atoms with E-state index in [2.05, 4.69) is 55.4 Å². The van der Waals surface area contributed by atoms with Crippen molar-refractivity contribution in [3.05, 3.63) is 0 Å². The molecule has 0 amide bonds. The number of rotatable bonds is 0. The maximum atomic E-state index is 14.2. The monoisotopic (exact) mass is 442 g/mol. The molecule has 5 fully saturated rings. The van der Waals surface area contributed by atoms with Gasteiger partial charge in [0.25, 0.3) is 0 Å². The molecule has 32 heavy (non-hydrogen) atoms. The Morgan fingerprint density at radius 3 is 2.06 bits per heavy atom. The minimum absolute atomic E-state index is 0.0416. The number of hydrogen-bond donors (Lipinski definition) is 1. The van der Waals surface area contributed by atoms with Gasteiger partial charge in [-0.2, -0.15) is 0 Å². The summed E-state index contributed by atoms with van der Waals surface area (Å²) < 4.78 is 0. The molecule has 2 nitrogen and oxygen atoms in total. The van der Waals surface area contributed by atoms with Crippen molar-refractivity contribution in [2.24, 2.45) is 56.2 Å². The highest BCUT2D eigenvalue weighted by atomic mass is 16.3. The second-order valence-electron chi connectivity index (χ2n) is 15.5. The highest BCUT2D eigenvalue weighted by Crippen LogP contribution is 2.77. The van der Waals surface area contributed by atoms with Gasteiger partial charge in [-0.25, -0.2) is 0 Å². The number of aliphatic hydroxyl groups is 1. The molecule has 0 aromatic rings. The van der Waals surface area contributed by atoms with E-state index in [0.29, 0.717) is 29.0 Å². The molecule has 5 aliphatic rings. The molecule has 0 aromatic carbocycles. The molecule has 1 N–H and O–H groups in total. The number of aliphatic hydroxyl groups excluding tert-OH is 1. The SMILES string of the molecule is C[C@H]1C(O)CC[C@@H]2[C@]1(C)CC(=O)[C@H]1[C@@]2(C)CC[C@@]2(C)[C@@H]3CC(C)(C)CC[C@]3(C)CC[C@]12C. The van der Waals surface area contributed by atoms with Crippen LogP contribution in [0.3, 0.4) is 0 Å². The predicted molar refractivity (Wildman–Crippen MR) is 131 cm³/mol. The summed E-state index contributed by atoms with van der Waals surface area (Å²) in [5, 5.41) is 10.7. The van der Waals surface area contributed by atoms with Crippen molar-refractivity contribution in [2.75, 3.05) is 0 Å². The summed E-state index contributed by atoms with van der Waals surface area (Å²) in [6.07, 6.45) is 11.5. The van der Waals surface area contributed by atoms with Gasteiger partial charge < -0.3 is 5.11 Å². The molecule has 0 aromatic heterocycles. The summed E-state index contributed by atoms with van der Waals surface area (Å²) in [5.41, 5.74) is 1.29. The van der Waals surface area contributed by atoms with Crippen molar-refractivity contribution in [3.63, 3.8) is 0 Å². The fraction of sp³-hybridized carbons (Fsp3) is 0.967. The third-order valence-corrected chi connectivity index (χ3v) is 13.6. The molecule has 0 radical (unpaired) electrons. The summed E-state index contributed by atoms with van der Waals surface area (Å²) in [6.45, 7) is 19.8. The van der Waals surface area contributed by atoms with E-state index in [-0.39, 0.29) is 39.6 Å². The summed E-state index contributed by atoms with van der Waals surface area (Å²) >= 11 is 0. The van der Waals surface area contributed by atoms with Crippen LogP contribution in [0.15, 0.2) is 0 Å². The number of fused-ring (bicyclic) bond motifs is 7. The standard InChI is InChI=1S/C30H50O2/c1-19-20(31)9-10-22-27(5)14-16-29(7)23-18-25(2,3)11-12-26(23,4)13-15-30(29,8)24(27)21(32)17-28(19,22)6/h19-20,22-24,31H,9-18H2,1-8H3/t19-,20?,22-,23+,24-,26+,27-,28+,29-,30+/m0/s1. The molecule has 0 bridgehead atoms. The molecule has 10 atom stereocenters. The molecule has 0 heterocycles. The zero-order valence-electron chi connectivity index (χ0n) is 22.3. The average molecular weight is 443 g/mol. The zero-order chi connectivity index (χ0) is 23.5. The maximum Gasteiger partial charge on any atom is 0.137 e. The summed E-state index contributed by atoms with van der Waals surface area (Å²) in [7, 11) is 0. The predicted octanol–water partition coefficient (Wildman–Crippen LogP) is 7.43. The molecule has 1 unspecified atom stereocenters. The van der Waals surface area contributed by atoms with Crippen molar-refractivity contribution in [2.45, 2.75) is 126 Å². The Morgan fingerprint density at radius 2 is 1.38 bits per heavy atom. The van der Waals surface area contributed by atoms with E-state index in [1.54, 1.807) is 0 Å². The molecule has 2 heteroatoms. The lowest BCUT2D eigenvalue weighted by Gasteiger charge is -2.74. The van der Waals surface area contributed by atoms with Gasteiger partial charge >= 0.3 is 0 Å². The van der Waals surface area contributed by atoms with Crippen molar-refractivity contribution >= 4 is 5.78 Å². The maximum absolute atomic E-state index is 14.2. The van der Waals surface area contributed by atoms with Gasteiger partial charge in [-0.1, -0.05) is 55.4 Å². The molecule has 5 aliphatic carbocycles. The van der Waals surface area contributed by atoms with E-state index in [4.69, 9.17) is 0 Å². The Balaban J connectivity index is 1.59. The summed E-state index contributed by atoms with van der Waals surface area (Å²) in [5.74, 6) is 2.25. The van der Waals surface area contributed by atoms with Crippen molar-refractivity contribution in [1.29, 1.82) is 0 Å². The second kappa shape index (κ2) is 6.64. The van der Waals surface area contributed by atoms with E-state index in [0.717, 1.165) is 18.8 Å². The van der Waals surface area contributed by atoms with Crippen LogP contribution in [0.5, 0.6) is 0 Å². The van der Waals surface area contributed by atoms with Crippen LogP contribution < -0.4 is 0 Å². The van der Waals surface area contributed by atoms with Crippen LogP contribution in [-0.2, 0) is 4.79 Å². The van der Waals surface area contributed by atoms with Crippen molar-refractivity contribution in [1.82, 2.24) is 0 Å². The normalized spacial score (nSPS) is 59.4. The zero-order valence-corrected chi connectivity index (χ0v) is 22.3. The highest BCUT2D eigenvalue weighted by molar-refractivity contribution is 5.85. The molecular formula is C30H50O2. The number of carbonyl (C=O) groups is 1. The van der Waals surface area contributed by atoms with Crippen LogP contribution in [0.1, 0.15) is 120 Å². The van der Waals surface area contributed by atoms with Gasteiger partial charge in [0.15, 0.2) is 0 Å². The van der Waals surface area contributed by atoms with Gasteiger partial charge in [-0.05, 0) is 108 Å². The van der Waals surface area contributed by atoms with Crippen molar-refractivity contribution in [3.8, 4) is 0 Å². The lowest BCUT2D eigenvalue weighted by Crippen LogP contribution is -2.70. The first-order valence-electron chi connectivity index (χ1n) is 13.8. The van der Waals surface area contributed by atoms with Crippen LogP contribution in [0, 0.1) is 56.2 Å². The molecule has 0 aliphatic heterocycles. The lowest BCUT2D eigenvalue weighted by atomic mass is 9.30. The van der Waals surface area contributed by atoms with E-state index in [1.165, 1.54) is 44.9 Å². The van der Waals surface area contributed by atoms with Gasteiger partial charge in [0.1, 0.15) is 5.78 Å². The van der Waals surface area contributed by atoms with Crippen LogP contribution >= 0.6 is 0 Å². The van der Waals surface area contributed by atoms with E-state index in [9.17, 15) is 9.90 Å². The van der Waals surface area contributed by atoms with E-state index < -0.39 is 0 Å². The Hall–Kier alpha value is -0.370. The Morgan fingerprint density at radius 1 is 0.750 bits per heavy atom. The quantitative estimate of drug-likeness (QED) is 0.423. The van der Waals surface area contributed by atoms with Gasteiger partial charge in [-0.15, -0.1) is 0 Å². The number of ketones is 1. The van der Waals surface area contributed by atoms with Gasteiger partial charge in [0.2, 0.25) is 0 Å². The molecule has 0 saturated heterocycles. The fourth-order valence-corrected chi connectivity index (χ4v) is 11.2. The minimum atomic E-state index is -0.242. The Kier molecular flexibility index (Phi) is 4.85. The van der Waals surface area contributed by atoms with Crippen LogP contribution in [0.4, 0.5) is 0 Å². The number of Topliss-reactive ketones (excluding diaryl/α,β-unsaturated/α-hetero) is 1. The van der Waals surface area contributed by atoms with Crippen LogP contribution in [0.25, 0.3) is 0 Å². The fourth-order valence-electron chi connectivity index (χ4n) is 11.2. The lowest BCUT2D eigenvalue weighted by molar-refractivity contribution is -0.252. The van der Waals surface area contributed by atoms with Crippen molar-refractivity contribution < 1.29 is 9.90 Å². The first kappa shape index (κ1) is 23.4. The van der Waals surface area contributed by atoms with E-state index in [1.807, 2.05) is 0 Å². The molecule has 0 spiro atoms. The summed E-state index contributed by atoms with van der Waals surface area (Å²) in [6, 6.07) is 0. The first-order valence-corrected chi connectivity index (χ1v) is 13.8. The minimum Gasteiger partial charge on any atom is -0.393 e. The van der Waals surface area contributed by atoms with Gasteiger partial charge in [0, 0.05) is 12.3 Å². The van der Waals surface area contributed by atoms with Crippen LogP contribution in [0.2, 0.25) is 0 Å². The van der Waals surface area contributed by atoms with E-state index >= 15 is 0 Å². The molecular weight excluding hydrogens is 392 g/mol. The average Bonchev–Trinajstić information content (AvgIpc) is 2.69. The molecule has 5 rings (SSSR count). The Bertz CT molecular complexity index is 816. The number of carbonyl (C=O) groups excluding carboxylic acids is 1. The van der Waals surface area contributed by atoms with Gasteiger partial charge in [-0.3, -0.25) is 4.79 Å². The topological polar surface area (TPSA) is 37.3 Å². The highest BCUT2D eigenvalue weighted by Gasteiger charge is 2.72. The smallest absolute Gasteiger partial charge is 0.137 e. The largest absolute Gasteiger partial charge is 0.393 e. The number of hydrogen-bond acceptors (Lipinski definition) is 2. The van der Waals surface area contributed by atoms with Crippen LogP contribution in [-0.4, -0.2) is 17.0 Å².